The van der Waals surface area contributed by atoms with Crippen LogP contribution >= 0.6 is 0 Å². The van der Waals surface area contributed by atoms with Crippen LogP contribution in [0.15, 0.2) is 0 Å². The molecule has 100 valence electrons. The third-order valence-electron chi connectivity index (χ3n) is 4.41. The van der Waals surface area contributed by atoms with E-state index in [0.717, 1.165) is 23.8 Å². The Morgan fingerprint density at radius 1 is 1.00 bits per heavy atom. The van der Waals surface area contributed by atoms with E-state index in [0.29, 0.717) is 0 Å². The molecule has 17 heavy (non-hydrogen) atoms. The fourth-order valence-electron chi connectivity index (χ4n) is 3.45. The lowest BCUT2D eigenvalue weighted by atomic mass is 9.96. The number of hydrogen-bond donors (Lipinski definition) is 0. The Kier molecular flexibility index (Phi) is 4.48. The minimum absolute atomic E-state index is 0.749. The molecule has 1 atom stereocenters. The lowest BCUT2D eigenvalue weighted by Gasteiger charge is -2.43. The highest BCUT2D eigenvalue weighted by Gasteiger charge is 2.32. The van der Waals surface area contributed by atoms with Gasteiger partial charge in [0.25, 0.3) is 0 Å². The SMILES string of the molecule is CC(C)CC1CCN(CC2CN(C(C)C)C2)C1. The van der Waals surface area contributed by atoms with Gasteiger partial charge in [-0.1, -0.05) is 13.8 Å². The van der Waals surface area contributed by atoms with Gasteiger partial charge in [0.15, 0.2) is 0 Å². The molecule has 0 amide bonds. The molecule has 2 rings (SSSR count). The zero-order valence-electron chi connectivity index (χ0n) is 12.2. The Balaban J connectivity index is 1.62. The molecule has 2 saturated heterocycles. The van der Waals surface area contributed by atoms with E-state index in [1.165, 1.54) is 45.6 Å². The predicted molar refractivity (Wildman–Crippen MR) is 74.2 cm³/mol. The van der Waals surface area contributed by atoms with Crippen LogP contribution in [0.25, 0.3) is 0 Å². The standard InChI is InChI=1S/C15H30N2/c1-12(2)7-14-5-6-16(8-14)9-15-10-17(11-15)13(3)4/h12-15H,5-11H2,1-4H3. The maximum absolute atomic E-state index is 2.72. The van der Waals surface area contributed by atoms with Crippen LogP contribution in [0.5, 0.6) is 0 Å². The van der Waals surface area contributed by atoms with Gasteiger partial charge in [-0.25, -0.2) is 0 Å². The average Bonchev–Trinajstić information content (AvgIpc) is 2.56. The van der Waals surface area contributed by atoms with Gasteiger partial charge in [-0.3, -0.25) is 0 Å². The smallest absolute Gasteiger partial charge is 0.00388 e. The van der Waals surface area contributed by atoms with Crippen LogP contribution < -0.4 is 0 Å². The van der Waals surface area contributed by atoms with Gasteiger partial charge >= 0.3 is 0 Å². The Hall–Kier alpha value is -0.0800. The number of likely N-dealkylation sites (tertiary alicyclic amines) is 2. The van der Waals surface area contributed by atoms with Gasteiger partial charge in [-0.05, 0) is 51.0 Å². The molecule has 0 aromatic heterocycles. The van der Waals surface area contributed by atoms with E-state index in [4.69, 9.17) is 0 Å². The van der Waals surface area contributed by atoms with Gasteiger partial charge in [-0.15, -0.1) is 0 Å². The average molecular weight is 238 g/mol. The maximum atomic E-state index is 2.72. The second kappa shape index (κ2) is 5.71. The molecule has 0 saturated carbocycles. The zero-order chi connectivity index (χ0) is 12.4. The number of hydrogen-bond acceptors (Lipinski definition) is 2. The summed E-state index contributed by atoms with van der Waals surface area (Å²) in [5.74, 6) is 2.81. The predicted octanol–water partition coefficient (Wildman–Crippen LogP) is 2.69. The normalized spacial score (nSPS) is 28.2. The minimum Gasteiger partial charge on any atom is -0.303 e. The first-order chi connectivity index (χ1) is 8.04. The van der Waals surface area contributed by atoms with Gasteiger partial charge < -0.3 is 9.80 Å². The van der Waals surface area contributed by atoms with E-state index in [2.05, 4.69) is 37.5 Å². The molecule has 2 aliphatic heterocycles. The van der Waals surface area contributed by atoms with Gasteiger partial charge in [0, 0.05) is 32.2 Å². The monoisotopic (exact) mass is 238 g/mol. The molecule has 0 aromatic carbocycles. The van der Waals surface area contributed by atoms with E-state index in [9.17, 15) is 0 Å². The molecule has 2 heteroatoms. The van der Waals surface area contributed by atoms with Crippen molar-refractivity contribution < 1.29 is 0 Å². The second-order valence-corrected chi connectivity index (χ2v) is 6.96. The molecule has 0 bridgehead atoms. The van der Waals surface area contributed by atoms with Crippen LogP contribution in [0.2, 0.25) is 0 Å². The van der Waals surface area contributed by atoms with Crippen LogP contribution in [-0.2, 0) is 0 Å². The van der Waals surface area contributed by atoms with Crippen LogP contribution in [0.4, 0.5) is 0 Å². The summed E-state index contributed by atoms with van der Waals surface area (Å²) in [6.45, 7) is 16.1. The van der Waals surface area contributed by atoms with E-state index >= 15 is 0 Å². The molecule has 0 radical (unpaired) electrons. The van der Waals surface area contributed by atoms with Crippen LogP contribution in [0.1, 0.15) is 40.5 Å². The first kappa shape index (κ1) is 13.4. The van der Waals surface area contributed by atoms with E-state index in [1.807, 2.05) is 0 Å². The lowest BCUT2D eigenvalue weighted by molar-refractivity contribution is 0.0463. The number of nitrogens with zero attached hydrogens (tertiary/aromatic N) is 2. The molecular weight excluding hydrogens is 208 g/mol. The van der Waals surface area contributed by atoms with Crippen molar-refractivity contribution in [1.29, 1.82) is 0 Å². The Morgan fingerprint density at radius 2 is 1.71 bits per heavy atom. The summed E-state index contributed by atoms with van der Waals surface area (Å²) in [5.41, 5.74) is 0. The largest absolute Gasteiger partial charge is 0.303 e. The quantitative estimate of drug-likeness (QED) is 0.726. The highest BCUT2D eigenvalue weighted by Crippen LogP contribution is 2.26. The molecule has 2 heterocycles. The molecule has 0 spiro atoms. The van der Waals surface area contributed by atoms with Crippen molar-refractivity contribution in [3.05, 3.63) is 0 Å². The van der Waals surface area contributed by atoms with Crippen molar-refractivity contribution in [3.8, 4) is 0 Å². The Labute approximate surface area is 107 Å². The van der Waals surface area contributed by atoms with Crippen molar-refractivity contribution in [1.82, 2.24) is 9.80 Å². The molecule has 2 aliphatic rings. The van der Waals surface area contributed by atoms with Crippen molar-refractivity contribution in [3.63, 3.8) is 0 Å². The van der Waals surface area contributed by atoms with Crippen LogP contribution in [0.3, 0.4) is 0 Å². The minimum atomic E-state index is 0.749. The van der Waals surface area contributed by atoms with Gasteiger partial charge in [0.05, 0.1) is 0 Å². The van der Waals surface area contributed by atoms with Gasteiger partial charge in [0.2, 0.25) is 0 Å². The first-order valence-corrected chi connectivity index (χ1v) is 7.51. The summed E-state index contributed by atoms with van der Waals surface area (Å²) in [5, 5.41) is 0. The first-order valence-electron chi connectivity index (χ1n) is 7.51. The molecule has 0 aliphatic carbocycles. The van der Waals surface area contributed by atoms with Gasteiger partial charge in [-0.2, -0.15) is 0 Å². The lowest BCUT2D eigenvalue weighted by Crippen LogP contribution is -2.53. The molecule has 1 unspecified atom stereocenters. The summed E-state index contributed by atoms with van der Waals surface area (Å²) in [6, 6.07) is 0.749. The van der Waals surface area contributed by atoms with Crippen LogP contribution in [-0.4, -0.2) is 48.6 Å². The Bertz CT molecular complexity index is 231. The summed E-state index contributed by atoms with van der Waals surface area (Å²) in [6.07, 6.45) is 2.87. The summed E-state index contributed by atoms with van der Waals surface area (Å²) < 4.78 is 0. The summed E-state index contributed by atoms with van der Waals surface area (Å²) in [4.78, 5) is 5.31. The third-order valence-corrected chi connectivity index (χ3v) is 4.41. The fourth-order valence-corrected chi connectivity index (χ4v) is 3.45. The summed E-state index contributed by atoms with van der Waals surface area (Å²) >= 11 is 0. The molecule has 2 nitrogen and oxygen atoms in total. The highest BCUT2D eigenvalue weighted by molar-refractivity contribution is 4.86. The summed E-state index contributed by atoms with van der Waals surface area (Å²) in [7, 11) is 0. The molecule has 0 aromatic rings. The Morgan fingerprint density at radius 3 is 2.29 bits per heavy atom. The van der Waals surface area contributed by atoms with Crippen LogP contribution in [0, 0.1) is 17.8 Å². The zero-order valence-corrected chi connectivity index (χ0v) is 12.2. The maximum Gasteiger partial charge on any atom is 0.00388 e. The van der Waals surface area contributed by atoms with E-state index in [-0.39, 0.29) is 0 Å². The molecular formula is C15H30N2. The fraction of sp³-hybridized carbons (Fsp3) is 1.00. The molecule has 2 fully saturated rings. The number of rotatable bonds is 5. The van der Waals surface area contributed by atoms with Crippen molar-refractivity contribution >= 4 is 0 Å². The van der Waals surface area contributed by atoms with Crippen molar-refractivity contribution in [2.45, 2.75) is 46.6 Å². The van der Waals surface area contributed by atoms with Crippen molar-refractivity contribution in [2.75, 3.05) is 32.7 Å². The third kappa shape index (κ3) is 3.69. The molecule has 0 N–H and O–H groups in total. The van der Waals surface area contributed by atoms with Gasteiger partial charge in [0.1, 0.15) is 0 Å². The highest BCUT2D eigenvalue weighted by atomic mass is 15.2. The van der Waals surface area contributed by atoms with Crippen molar-refractivity contribution in [2.24, 2.45) is 17.8 Å². The van der Waals surface area contributed by atoms with E-state index in [1.54, 1.807) is 0 Å². The second-order valence-electron chi connectivity index (χ2n) is 6.96. The topological polar surface area (TPSA) is 6.48 Å². The van der Waals surface area contributed by atoms with E-state index < -0.39 is 0 Å².